The van der Waals surface area contributed by atoms with Crippen molar-refractivity contribution in [3.05, 3.63) is 47.3 Å². The summed E-state index contributed by atoms with van der Waals surface area (Å²) in [6.45, 7) is 3.88. The quantitative estimate of drug-likeness (QED) is 0.887. The number of fused-ring (bicyclic) bond motifs is 1. The summed E-state index contributed by atoms with van der Waals surface area (Å²) in [5, 5.41) is 7.71. The van der Waals surface area contributed by atoms with Crippen molar-refractivity contribution < 1.29 is 4.74 Å². The average Bonchev–Trinajstić information content (AvgIpc) is 3.06. The number of hydrogen-bond donors (Lipinski definition) is 1. The van der Waals surface area contributed by atoms with Gasteiger partial charge in [-0.3, -0.25) is 4.68 Å². The van der Waals surface area contributed by atoms with Crippen molar-refractivity contribution in [1.29, 1.82) is 0 Å². The van der Waals surface area contributed by atoms with Crippen LogP contribution in [0.25, 0.3) is 0 Å². The second kappa shape index (κ2) is 6.31. The summed E-state index contributed by atoms with van der Waals surface area (Å²) in [6, 6.07) is 7.04. The summed E-state index contributed by atoms with van der Waals surface area (Å²) in [7, 11) is 1.94. The van der Waals surface area contributed by atoms with Gasteiger partial charge in [-0.1, -0.05) is 13.0 Å². The van der Waals surface area contributed by atoms with Crippen molar-refractivity contribution >= 4 is 0 Å². The molecule has 2 aromatic rings. The molecule has 0 fully saturated rings. The first-order chi connectivity index (χ1) is 10.3. The molecule has 1 aromatic carbocycles. The van der Waals surface area contributed by atoms with Crippen LogP contribution in [-0.4, -0.2) is 22.9 Å². The van der Waals surface area contributed by atoms with Crippen LogP contribution in [0, 0.1) is 0 Å². The van der Waals surface area contributed by atoms with Gasteiger partial charge in [0.15, 0.2) is 0 Å². The molecule has 0 spiro atoms. The summed E-state index contributed by atoms with van der Waals surface area (Å²) in [4.78, 5) is 0. The van der Waals surface area contributed by atoms with Crippen molar-refractivity contribution in [3.63, 3.8) is 0 Å². The Morgan fingerprint density at radius 2 is 2.33 bits per heavy atom. The Labute approximate surface area is 126 Å². The van der Waals surface area contributed by atoms with E-state index in [1.165, 1.54) is 23.1 Å². The van der Waals surface area contributed by atoms with Gasteiger partial charge in [0.1, 0.15) is 5.75 Å². The van der Waals surface area contributed by atoms with E-state index in [0.717, 1.165) is 25.1 Å². The number of nitrogens with one attached hydrogen (secondary N) is 1. The predicted octanol–water partition coefficient (Wildman–Crippen LogP) is 2.64. The van der Waals surface area contributed by atoms with E-state index >= 15 is 0 Å². The lowest BCUT2D eigenvalue weighted by molar-refractivity contribution is 0.321. The summed E-state index contributed by atoms with van der Waals surface area (Å²) in [5.74, 6) is 0.981. The standard InChI is InChI=1S/C17H23N3O/c1-3-18-17-7-4-14-10-15(5-6-16(14)17)21-9-8-13-11-19-20(2)12-13/h5-6,10-12,17-18H,3-4,7-9H2,1-2H3. The summed E-state index contributed by atoms with van der Waals surface area (Å²) in [5.41, 5.74) is 4.09. The first-order valence-corrected chi connectivity index (χ1v) is 7.73. The van der Waals surface area contributed by atoms with Gasteiger partial charge in [0.25, 0.3) is 0 Å². The molecule has 1 N–H and O–H groups in total. The Balaban J connectivity index is 1.57. The molecule has 0 saturated carbocycles. The second-order valence-electron chi connectivity index (χ2n) is 5.63. The molecule has 1 aliphatic carbocycles. The van der Waals surface area contributed by atoms with Gasteiger partial charge in [-0.25, -0.2) is 0 Å². The Bertz CT molecular complexity index is 606. The van der Waals surface area contributed by atoms with Crippen LogP contribution in [0.2, 0.25) is 0 Å². The van der Waals surface area contributed by atoms with E-state index in [9.17, 15) is 0 Å². The number of aryl methyl sites for hydroxylation is 2. The Morgan fingerprint density at radius 1 is 1.43 bits per heavy atom. The minimum Gasteiger partial charge on any atom is -0.493 e. The molecule has 4 heteroatoms. The molecule has 112 valence electrons. The van der Waals surface area contributed by atoms with Crippen molar-refractivity contribution in [3.8, 4) is 5.75 Å². The van der Waals surface area contributed by atoms with E-state index < -0.39 is 0 Å². The van der Waals surface area contributed by atoms with E-state index in [4.69, 9.17) is 4.74 Å². The minimum atomic E-state index is 0.523. The molecule has 1 atom stereocenters. The summed E-state index contributed by atoms with van der Waals surface area (Å²) < 4.78 is 7.71. The highest BCUT2D eigenvalue weighted by molar-refractivity contribution is 5.40. The lowest BCUT2D eigenvalue weighted by Crippen LogP contribution is -2.18. The number of aromatic nitrogens is 2. The maximum absolute atomic E-state index is 5.88. The largest absolute Gasteiger partial charge is 0.493 e. The van der Waals surface area contributed by atoms with Gasteiger partial charge in [0.2, 0.25) is 0 Å². The van der Waals surface area contributed by atoms with Gasteiger partial charge >= 0.3 is 0 Å². The number of nitrogens with zero attached hydrogens (tertiary/aromatic N) is 2. The van der Waals surface area contributed by atoms with Crippen LogP contribution in [0.3, 0.4) is 0 Å². The lowest BCUT2D eigenvalue weighted by atomic mass is 10.1. The molecule has 0 bridgehead atoms. The molecule has 0 aliphatic heterocycles. The molecule has 0 radical (unpaired) electrons. The molecule has 21 heavy (non-hydrogen) atoms. The fraction of sp³-hybridized carbons (Fsp3) is 0.471. The predicted molar refractivity (Wildman–Crippen MR) is 83.6 cm³/mol. The van der Waals surface area contributed by atoms with E-state index in [1.807, 2.05) is 24.1 Å². The zero-order chi connectivity index (χ0) is 14.7. The molecular formula is C17H23N3O. The van der Waals surface area contributed by atoms with Crippen molar-refractivity contribution in [2.75, 3.05) is 13.2 Å². The zero-order valence-electron chi connectivity index (χ0n) is 12.8. The Hall–Kier alpha value is -1.81. The average molecular weight is 285 g/mol. The molecule has 3 rings (SSSR count). The molecule has 4 nitrogen and oxygen atoms in total. The first kappa shape index (κ1) is 14.1. The molecule has 1 heterocycles. The third-order valence-electron chi connectivity index (χ3n) is 4.06. The van der Waals surface area contributed by atoms with Crippen LogP contribution in [0.5, 0.6) is 5.75 Å². The van der Waals surface area contributed by atoms with Crippen LogP contribution in [0.1, 0.15) is 36.1 Å². The summed E-state index contributed by atoms with van der Waals surface area (Å²) >= 11 is 0. The van der Waals surface area contributed by atoms with Gasteiger partial charge in [0.05, 0.1) is 12.8 Å². The van der Waals surface area contributed by atoms with E-state index in [1.54, 1.807) is 0 Å². The number of benzene rings is 1. The monoisotopic (exact) mass is 285 g/mol. The van der Waals surface area contributed by atoms with Gasteiger partial charge in [0, 0.05) is 25.7 Å². The van der Waals surface area contributed by atoms with Crippen molar-refractivity contribution in [2.45, 2.75) is 32.2 Å². The molecular weight excluding hydrogens is 262 g/mol. The highest BCUT2D eigenvalue weighted by Gasteiger charge is 2.21. The number of rotatable bonds is 6. The molecule has 1 unspecified atom stereocenters. The SMILES string of the molecule is CCNC1CCc2cc(OCCc3cnn(C)c3)ccc21. The van der Waals surface area contributed by atoms with Crippen LogP contribution < -0.4 is 10.1 Å². The number of hydrogen-bond acceptors (Lipinski definition) is 3. The van der Waals surface area contributed by atoms with E-state index in [0.29, 0.717) is 12.6 Å². The normalized spacial score (nSPS) is 17.0. The topological polar surface area (TPSA) is 39.1 Å². The van der Waals surface area contributed by atoms with Gasteiger partial charge in [-0.05, 0) is 48.2 Å². The Morgan fingerprint density at radius 3 is 3.10 bits per heavy atom. The zero-order valence-corrected chi connectivity index (χ0v) is 12.8. The molecule has 1 aromatic heterocycles. The van der Waals surface area contributed by atoms with Crippen LogP contribution in [0.4, 0.5) is 0 Å². The fourth-order valence-electron chi connectivity index (χ4n) is 3.03. The third kappa shape index (κ3) is 3.27. The third-order valence-corrected chi connectivity index (χ3v) is 4.06. The lowest BCUT2D eigenvalue weighted by Gasteiger charge is -2.13. The molecule has 0 amide bonds. The van der Waals surface area contributed by atoms with Gasteiger partial charge < -0.3 is 10.1 Å². The Kier molecular flexibility index (Phi) is 4.25. The van der Waals surface area contributed by atoms with Crippen molar-refractivity contribution in [1.82, 2.24) is 15.1 Å². The van der Waals surface area contributed by atoms with Crippen LogP contribution in [0.15, 0.2) is 30.6 Å². The smallest absolute Gasteiger partial charge is 0.119 e. The molecule has 1 aliphatic rings. The number of ether oxygens (including phenoxy) is 1. The van der Waals surface area contributed by atoms with Crippen LogP contribution >= 0.6 is 0 Å². The van der Waals surface area contributed by atoms with Gasteiger partial charge in [-0.2, -0.15) is 5.10 Å². The second-order valence-corrected chi connectivity index (χ2v) is 5.63. The highest BCUT2D eigenvalue weighted by atomic mass is 16.5. The summed E-state index contributed by atoms with van der Waals surface area (Å²) in [6.07, 6.45) is 7.17. The maximum Gasteiger partial charge on any atom is 0.119 e. The van der Waals surface area contributed by atoms with Crippen LogP contribution in [-0.2, 0) is 19.9 Å². The maximum atomic E-state index is 5.88. The first-order valence-electron chi connectivity index (χ1n) is 7.73. The van der Waals surface area contributed by atoms with Crippen molar-refractivity contribution in [2.24, 2.45) is 7.05 Å². The molecule has 0 saturated heterocycles. The van der Waals surface area contributed by atoms with E-state index in [-0.39, 0.29) is 0 Å². The minimum absolute atomic E-state index is 0.523. The van der Waals surface area contributed by atoms with Gasteiger partial charge in [-0.15, -0.1) is 0 Å². The fourth-order valence-corrected chi connectivity index (χ4v) is 3.03. The highest BCUT2D eigenvalue weighted by Crippen LogP contribution is 2.33. The van der Waals surface area contributed by atoms with E-state index in [2.05, 4.69) is 35.5 Å².